The van der Waals surface area contributed by atoms with Crippen molar-refractivity contribution >= 4 is 3.21 Å². The molecule has 2 aliphatic rings. The van der Waals surface area contributed by atoms with Crippen LogP contribution in [0.5, 0.6) is 0 Å². The smallest absolute Gasteiger partial charge is 0.172 e. The number of rotatable bonds is 0. The summed E-state index contributed by atoms with van der Waals surface area (Å²) < 4.78 is 1.80. The first-order valence-corrected chi connectivity index (χ1v) is 10.8. The van der Waals surface area contributed by atoms with Crippen LogP contribution >= 0.6 is 0 Å². The topological polar surface area (TPSA) is 0 Å². The van der Waals surface area contributed by atoms with Crippen LogP contribution in [0.4, 0.5) is 0 Å². The Morgan fingerprint density at radius 2 is 1.57 bits per heavy atom. The van der Waals surface area contributed by atoms with E-state index in [4.69, 9.17) is 0 Å². The molecule has 3 aromatic carbocycles. The van der Waals surface area contributed by atoms with Gasteiger partial charge in [0.05, 0.1) is 0 Å². The van der Waals surface area contributed by atoms with Crippen LogP contribution in [0, 0.1) is 13.0 Å². The summed E-state index contributed by atoms with van der Waals surface area (Å²) in [6.07, 6.45) is 8.36. The molecule has 3 aromatic rings. The van der Waals surface area contributed by atoms with E-state index in [0.717, 1.165) is 6.42 Å². The number of benzene rings is 2. The van der Waals surface area contributed by atoms with Gasteiger partial charge in [0, 0.05) is 0 Å². The van der Waals surface area contributed by atoms with Crippen molar-refractivity contribution in [2.24, 2.45) is 0 Å². The summed E-state index contributed by atoms with van der Waals surface area (Å²) in [6, 6.07) is 26.1. The second-order valence-corrected chi connectivity index (χ2v) is 8.71. The summed E-state index contributed by atoms with van der Waals surface area (Å²) >= 11 is 1.69. The maximum Gasteiger partial charge on any atom is -0.172 e. The average Bonchev–Trinajstić information content (AvgIpc) is 3.35. The Labute approximate surface area is 197 Å². The van der Waals surface area contributed by atoms with Crippen LogP contribution < -0.4 is 24.8 Å². The van der Waals surface area contributed by atoms with Crippen molar-refractivity contribution in [1.82, 2.24) is 0 Å². The van der Waals surface area contributed by atoms with Crippen LogP contribution in [0.3, 0.4) is 0 Å². The third-order valence-electron chi connectivity index (χ3n) is 4.95. The van der Waals surface area contributed by atoms with Crippen LogP contribution in [-0.4, -0.2) is 3.21 Å². The summed E-state index contributed by atoms with van der Waals surface area (Å²) in [5.41, 5.74) is 6.96. The molecular weight excluding hydrogens is 462 g/mol. The molecule has 0 aromatic heterocycles. The molecule has 0 nitrogen and oxygen atoms in total. The Hall–Kier alpha value is -0.877. The van der Waals surface area contributed by atoms with Gasteiger partial charge in [0.15, 0.2) is 0 Å². The van der Waals surface area contributed by atoms with E-state index < -0.39 is 0 Å². The number of aryl methyl sites for hydroxylation is 1. The van der Waals surface area contributed by atoms with Gasteiger partial charge in [0.1, 0.15) is 0 Å². The maximum absolute atomic E-state index is 3.34. The van der Waals surface area contributed by atoms with E-state index >= 15 is 0 Å². The second kappa shape index (κ2) is 13.4. The second-order valence-electron chi connectivity index (χ2n) is 6.97. The Morgan fingerprint density at radius 1 is 0.893 bits per heavy atom. The molecule has 1 saturated carbocycles. The molecule has 146 valence electrons. The molecule has 28 heavy (non-hydrogen) atoms. The van der Waals surface area contributed by atoms with E-state index in [9.17, 15) is 0 Å². The minimum atomic E-state index is 0. The molecule has 0 N–H and O–H groups in total. The maximum atomic E-state index is 3.34. The third kappa shape index (κ3) is 7.18. The molecule has 0 atom stereocenters. The zero-order valence-electron chi connectivity index (χ0n) is 16.3. The zero-order chi connectivity index (χ0) is 18.2. The first-order chi connectivity index (χ1) is 12.8. The Balaban J connectivity index is 0.000000237. The summed E-state index contributed by atoms with van der Waals surface area (Å²) in [4.78, 5) is 0. The van der Waals surface area contributed by atoms with Crippen molar-refractivity contribution in [1.29, 1.82) is 0 Å². The van der Waals surface area contributed by atoms with E-state index in [2.05, 4.69) is 43.3 Å². The molecule has 0 saturated heterocycles. The SMILES string of the molecule is Cc1cc[c-]c2c1-c1ccccc1C2.[Cl-].[Cl-].[Zr+2]=[C]1CCCCC1.c1cc[cH-]c1. The molecule has 0 amide bonds. The van der Waals surface area contributed by atoms with Crippen molar-refractivity contribution in [2.75, 3.05) is 0 Å². The minimum absolute atomic E-state index is 0. The van der Waals surface area contributed by atoms with E-state index in [-0.39, 0.29) is 24.8 Å². The third-order valence-corrected chi connectivity index (χ3v) is 6.18. The average molecular weight is 489 g/mol. The van der Waals surface area contributed by atoms with Crippen molar-refractivity contribution < 1.29 is 49.0 Å². The van der Waals surface area contributed by atoms with Gasteiger partial charge in [-0.15, -0.1) is 11.1 Å². The molecule has 0 bridgehead atoms. The molecular formula is C25H26Cl2Zr-2. The fourth-order valence-corrected chi connectivity index (χ4v) is 4.45. The van der Waals surface area contributed by atoms with Crippen LogP contribution in [0.1, 0.15) is 48.8 Å². The van der Waals surface area contributed by atoms with E-state index in [1.165, 1.54) is 59.9 Å². The first kappa shape index (κ1) is 25.2. The van der Waals surface area contributed by atoms with Gasteiger partial charge in [-0.25, -0.2) is 12.1 Å². The summed E-state index contributed by atoms with van der Waals surface area (Å²) in [6.45, 7) is 2.18. The predicted molar refractivity (Wildman–Crippen MR) is 108 cm³/mol. The molecule has 0 radical (unpaired) electrons. The predicted octanol–water partition coefficient (Wildman–Crippen LogP) is 0.450. The van der Waals surface area contributed by atoms with Gasteiger partial charge >= 0.3 is 59.5 Å². The number of halogens is 2. The molecule has 5 rings (SSSR count). The summed E-state index contributed by atoms with van der Waals surface area (Å²) in [5, 5.41) is 0. The van der Waals surface area contributed by atoms with Gasteiger partial charge in [-0.2, -0.15) is 42.0 Å². The summed E-state index contributed by atoms with van der Waals surface area (Å²) in [7, 11) is 0. The molecule has 0 unspecified atom stereocenters. The van der Waals surface area contributed by atoms with Crippen molar-refractivity contribution in [3.63, 3.8) is 0 Å². The van der Waals surface area contributed by atoms with Gasteiger partial charge in [-0.1, -0.05) is 42.3 Å². The van der Waals surface area contributed by atoms with Gasteiger partial charge in [0.2, 0.25) is 0 Å². The van der Waals surface area contributed by atoms with Crippen LogP contribution in [0.15, 0.2) is 66.7 Å². The van der Waals surface area contributed by atoms with E-state index in [1.54, 1.807) is 27.4 Å². The Morgan fingerprint density at radius 3 is 2.14 bits per heavy atom. The largest absolute Gasteiger partial charge is 0.214 e. The summed E-state index contributed by atoms with van der Waals surface area (Å²) in [5.74, 6) is 0. The molecule has 0 heterocycles. The quantitative estimate of drug-likeness (QED) is 0.316. The Bertz CT molecular complexity index is 812. The molecule has 1 fully saturated rings. The Kier molecular flexibility index (Phi) is 12.0. The molecule has 3 heteroatoms. The minimum Gasteiger partial charge on any atom is -0.214 e. The van der Waals surface area contributed by atoms with Gasteiger partial charge in [-0.3, -0.25) is 0 Å². The van der Waals surface area contributed by atoms with Crippen molar-refractivity contribution in [3.8, 4) is 11.1 Å². The van der Waals surface area contributed by atoms with Gasteiger partial charge in [-0.05, 0) is 6.42 Å². The zero-order valence-corrected chi connectivity index (χ0v) is 20.3. The van der Waals surface area contributed by atoms with Gasteiger partial charge in [0.25, 0.3) is 0 Å². The first-order valence-electron chi connectivity index (χ1n) is 9.57. The molecule has 0 spiro atoms. The van der Waals surface area contributed by atoms with E-state index in [0.29, 0.717) is 0 Å². The van der Waals surface area contributed by atoms with Crippen LogP contribution in [-0.2, 0) is 30.7 Å². The molecule has 0 aliphatic heterocycles. The fourth-order valence-electron chi connectivity index (χ4n) is 3.58. The molecule has 2 aliphatic carbocycles. The fraction of sp³-hybridized carbons (Fsp3) is 0.280. The van der Waals surface area contributed by atoms with Crippen LogP contribution in [0.2, 0.25) is 0 Å². The van der Waals surface area contributed by atoms with Gasteiger partial charge < -0.3 is 24.8 Å². The van der Waals surface area contributed by atoms with Crippen LogP contribution in [0.25, 0.3) is 11.1 Å². The number of fused-ring (bicyclic) bond motifs is 3. The standard InChI is InChI=1S/C14H11.C6H10.C5H5.2ClH.Zr/c1-10-5-4-7-12-9-11-6-2-3-8-13(11)14(10)12;1-2-4-6-5-3-1;1-2-4-5-3-1;;;/h2-6,8H,9H2,1H3;1-5H2;1-5H;2*1H;/q-1;;-1;;;+2/p-2. The monoisotopic (exact) mass is 486 g/mol. The van der Waals surface area contributed by atoms with E-state index in [1.807, 2.05) is 36.4 Å². The van der Waals surface area contributed by atoms with Crippen molar-refractivity contribution in [3.05, 3.63) is 89.5 Å². The number of hydrogen-bond donors (Lipinski definition) is 0. The number of hydrogen-bond acceptors (Lipinski definition) is 0. The van der Waals surface area contributed by atoms with Crippen molar-refractivity contribution in [2.45, 2.75) is 45.4 Å². The normalized spacial score (nSPS) is 13.3.